The molecule has 0 saturated carbocycles. The van der Waals surface area contributed by atoms with Crippen LogP contribution >= 0.6 is 0 Å². The minimum atomic E-state index is -0.780. The summed E-state index contributed by atoms with van der Waals surface area (Å²) in [5.41, 5.74) is 0. The molecule has 0 N–H and O–H groups in total. The van der Waals surface area contributed by atoms with Crippen LogP contribution in [0.4, 0.5) is 0 Å². The lowest BCUT2D eigenvalue weighted by Gasteiger charge is -2.18. The molecule has 0 heterocycles. The van der Waals surface area contributed by atoms with Crippen molar-refractivity contribution in [2.24, 2.45) is 0 Å². The van der Waals surface area contributed by atoms with E-state index >= 15 is 0 Å². The maximum atomic E-state index is 12.9. The highest BCUT2D eigenvalue weighted by molar-refractivity contribution is 5.71. The van der Waals surface area contributed by atoms with Crippen LogP contribution in [-0.2, 0) is 28.6 Å². The van der Waals surface area contributed by atoms with Crippen LogP contribution in [-0.4, -0.2) is 37.2 Å². The fourth-order valence-corrected chi connectivity index (χ4v) is 10.8. The van der Waals surface area contributed by atoms with Crippen molar-refractivity contribution in [2.45, 2.75) is 399 Å². The van der Waals surface area contributed by atoms with Gasteiger partial charge >= 0.3 is 17.9 Å². The normalized spacial score (nSPS) is 12.3. The Morgan fingerprint density at radius 3 is 0.691 bits per heavy atom. The van der Waals surface area contributed by atoms with Gasteiger partial charge in [-0.2, -0.15) is 0 Å². The Balaban J connectivity index is 4.19. The predicted molar refractivity (Wildman–Crippen MR) is 353 cm³/mol. The first-order chi connectivity index (χ1) is 40.0. The van der Waals surface area contributed by atoms with E-state index < -0.39 is 6.10 Å². The lowest BCUT2D eigenvalue weighted by Crippen LogP contribution is -2.30. The van der Waals surface area contributed by atoms with E-state index in [0.717, 1.165) is 77.0 Å². The standard InChI is InChI=1S/C75H138O6/c1-4-7-10-13-16-19-22-25-28-31-32-33-34-35-36-37-38-39-40-41-42-43-44-45-48-50-53-56-59-62-65-68-74(77)80-71-72(81-75(78)69-66-63-60-57-54-51-47-30-27-24-21-18-15-12-9-6-3)70-79-73(76)67-64-61-58-55-52-49-46-29-26-23-20-17-14-11-8-5-2/h22,25,29-32,46-47,72H,4-21,23-24,26-28,33-45,48-71H2,1-3H3/b25-22-,32-31-,46-29-,47-30-. The smallest absolute Gasteiger partial charge is 0.306 e. The molecule has 81 heavy (non-hydrogen) atoms. The van der Waals surface area contributed by atoms with E-state index in [0.29, 0.717) is 19.3 Å². The Hall–Kier alpha value is -2.63. The maximum absolute atomic E-state index is 12.9. The van der Waals surface area contributed by atoms with Crippen molar-refractivity contribution in [3.05, 3.63) is 48.6 Å². The highest BCUT2D eigenvalue weighted by atomic mass is 16.6. The first-order valence-corrected chi connectivity index (χ1v) is 36.1. The SMILES string of the molecule is CCCCCCC/C=C\C/C=C\CCCCCCCCCCCCCCCCCCCCCC(=O)OCC(COC(=O)CCCCCCC/C=C\CCCCCCCCC)OC(=O)CCCCCCC/C=C\CCCCCCCCC. The van der Waals surface area contributed by atoms with Gasteiger partial charge in [0, 0.05) is 19.3 Å². The molecule has 6 nitrogen and oxygen atoms in total. The molecule has 0 aliphatic carbocycles. The third kappa shape index (κ3) is 68.0. The van der Waals surface area contributed by atoms with Crippen molar-refractivity contribution in [3.63, 3.8) is 0 Å². The lowest BCUT2D eigenvalue weighted by atomic mass is 10.0. The van der Waals surface area contributed by atoms with Crippen molar-refractivity contribution in [1.29, 1.82) is 0 Å². The monoisotopic (exact) mass is 1140 g/mol. The average molecular weight is 1140 g/mol. The summed E-state index contributed by atoms with van der Waals surface area (Å²) in [7, 11) is 0. The van der Waals surface area contributed by atoms with Gasteiger partial charge in [-0.15, -0.1) is 0 Å². The second-order valence-corrected chi connectivity index (χ2v) is 24.5. The van der Waals surface area contributed by atoms with Gasteiger partial charge in [-0.05, 0) is 103 Å². The van der Waals surface area contributed by atoms with E-state index in [2.05, 4.69) is 69.4 Å². The predicted octanol–water partition coefficient (Wildman–Crippen LogP) is 24.9. The zero-order valence-electron chi connectivity index (χ0n) is 54.6. The zero-order valence-corrected chi connectivity index (χ0v) is 54.6. The minimum Gasteiger partial charge on any atom is -0.462 e. The molecule has 0 saturated heterocycles. The minimum absolute atomic E-state index is 0.0748. The van der Waals surface area contributed by atoms with Gasteiger partial charge in [-0.25, -0.2) is 0 Å². The number of carbonyl (C=O) groups is 3. The number of rotatable bonds is 67. The van der Waals surface area contributed by atoms with Gasteiger partial charge in [0.1, 0.15) is 13.2 Å². The fraction of sp³-hybridized carbons (Fsp3) is 0.853. The molecule has 0 aromatic carbocycles. The van der Waals surface area contributed by atoms with E-state index in [1.165, 1.54) is 276 Å². The summed E-state index contributed by atoms with van der Waals surface area (Å²) in [4.78, 5) is 38.4. The quantitative estimate of drug-likeness (QED) is 0.0261. The molecule has 0 rings (SSSR count). The molecule has 1 atom stereocenters. The van der Waals surface area contributed by atoms with Crippen LogP contribution in [0.15, 0.2) is 48.6 Å². The van der Waals surface area contributed by atoms with Crippen LogP contribution in [0.3, 0.4) is 0 Å². The van der Waals surface area contributed by atoms with Crippen molar-refractivity contribution in [1.82, 2.24) is 0 Å². The van der Waals surface area contributed by atoms with Crippen LogP contribution in [0.2, 0.25) is 0 Å². The second-order valence-electron chi connectivity index (χ2n) is 24.5. The molecule has 0 aromatic heterocycles. The fourth-order valence-electron chi connectivity index (χ4n) is 10.8. The van der Waals surface area contributed by atoms with E-state index in [-0.39, 0.29) is 31.1 Å². The van der Waals surface area contributed by atoms with E-state index in [1.807, 2.05) is 0 Å². The molecule has 0 bridgehead atoms. The Labute approximate surface area is 505 Å². The highest BCUT2D eigenvalue weighted by Gasteiger charge is 2.19. The van der Waals surface area contributed by atoms with Gasteiger partial charge < -0.3 is 14.2 Å². The molecule has 0 spiro atoms. The maximum Gasteiger partial charge on any atom is 0.306 e. The average Bonchev–Trinajstić information content (AvgIpc) is 3.47. The van der Waals surface area contributed by atoms with Crippen molar-refractivity contribution in [2.75, 3.05) is 13.2 Å². The van der Waals surface area contributed by atoms with Gasteiger partial charge in [0.25, 0.3) is 0 Å². The molecule has 1 unspecified atom stereocenters. The number of unbranched alkanes of at least 4 members (excludes halogenated alkanes) is 48. The summed E-state index contributed by atoms with van der Waals surface area (Å²) in [6, 6.07) is 0. The molecular formula is C75H138O6. The second kappa shape index (κ2) is 69.9. The van der Waals surface area contributed by atoms with Crippen LogP contribution < -0.4 is 0 Å². The van der Waals surface area contributed by atoms with Crippen molar-refractivity contribution < 1.29 is 28.6 Å². The number of hydrogen-bond acceptors (Lipinski definition) is 6. The number of hydrogen-bond donors (Lipinski definition) is 0. The molecule has 0 aromatic rings. The molecule has 6 heteroatoms. The Morgan fingerprint density at radius 1 is 0.247 bits per heavy atom. The largest absolute Gasteiger partial charge is 0.462 e. The van der Waals surface area contributed by atoms with Crippen LogP contribution in [0, 0.1) is 0 Å². The Kier molecular flexibility index (Phi) is 67.6. The topological polar surface area (TPSA) is 78.9 Å². The Morgan fingerprint density at radius 2 is 0.444 bits per heavy atom. The number of allylic oxidation sites excluding steroid dienone is 8. The third-order valence-electron chi connectivity index (χ3n) is 16.3. The van der Waals surface area contributed by atoms with E-state index in [4.69, 9.17) is 14.2 Å². The van der Waals surface area contributed by atoms with Gasteiger partial charge in [0.05, 0.1) is 0 Å². The highest BCUT2D eigenvalue weighted by Crippen LogP contribution is 2.18. The molecule has 474 valence electrons. The molecule has 0 amide bonds. The molecule has 0 aliphatic rings. The van der Waals surface area contributed by atoms with E-state index in [9.17, 15) is 14.4 Å². The van der Waals surface area contributed by atoms with Crippen LogP contribution in [0.5, 0.6) is 0 Å². The number of carbonyl (C=O) groups excluding carboxylic acids is 3. The number of esters is 3. The van der Waals surface area contributed by atoms with Crippen LogP contribution in [0.1, 0.15) is 393 Å². The lowest BCUT2D eigenvalue weighted by molar-refractivity contribution is -0.167. The van der Waals surface area contributed by atoms with Gasteiger partial charge in [-0.1, -0.05) is 320 Å². The molecule has 0 radical (unpaired) electrons. The number of ether oxygens (including phenoxy) is 3. The van der Waals surface area contributed by atoms with Gasteiger partial charge in [0.2, 0.25) is 0 Å². The first kappa shape index (κ1) is 78.4. The van der Waals surface area contributed by atoms with Crippen LogP contribution in [0.25, 0.3) is 0 Å². The first-order valence-electron chi connectivity index (χ1n) is 36.1. The van der Waals surface area contributed by atoms with E-state index in [1.54, 1.807) is 0 Å². The summed E-state index contributed by atoms with van der Waals surface area (Å²) in [5.74, 6) is -0.866. The molecule has 0 fully saturated rings. The molecular weight excluding hydrogens is 997 g/mol. The third-order valence-corrected chi connectivity index (χ3v) is 16.3. The summed E-state index contributed by atoms with van der Waals surface area (Å²) in [5, 5.41) is 0. The molecule has 0 aliphatic heterocycles. The van der Waals surface area contributed by atoms with Crippen molar-refractivity contribution in [3.8, 4) is 0 Å². The summed E-state index contributed by atoms with van der Waals surface area (Å²) in [6.45, 7) is 6.67. The summed E-state index contributed by atoms with van der Waals surface area (Å²) >= 11 is 0. The zero-order chi connectivity index (χ0) is 58.5. The Bertz CT molecular complexity index is 1400. The van der Waals surface area contributed by atoms with Crippen molar-refractivity contribution >= 4 is 17.9 Å². The summed E-state index contributed by atoms with van der Waals surface area (Å²) < 4.78 is 17.0. The summed E-state index contributed by atoms with van der Waals surface area (Å²) in [6.07, 6.45) is 88.6. The van der Waals surface area contributed by atoms with Gasteiger partial charge in [0.15, 0.2) is 6.10 Å². The van der Waals surface area contributed by atoms with Gasteiger partial charge in [-0.3, -0.25) is 14.4 Å².